The number of carbonyl (C=O) groups is 3. The molecule has 0 bridgehead atoms. The highest BCUT2D eigenvalue weighted by molar-refractivity contribution is 5.98. The normalized spacial score (nSPS) is 11.6. The van der Waals surface area contributed by atoms with E-state index in [0.29, 0.717) is 22.3 Å². The van der Waals surface area contributed by atoms with Crippen molar-refractivity contribution in [3.05, 3.63) is 89.7 Å². The molecule has 3 aromatic carbocycles. The molecule has 8 nitrogen and oxygen atoms in total. The van der Waals surface area contributed by atoms with Crippen molar-refractivity contribution < 1.29 is 28.6 Å². The first kappa shape index (κ1) is 23.6. The predicted molar refractivity (Wildman–Crippen MR) is 131 cm³/mol. The van der Waals surface area contributed by atoms with Crippen LogP contribution in [0.1, 0.15) is 26.5 Å². The van der Waals surface area contributed by atoms with Gasteiger partial charge in [-0.2, -0.15) is 0 Å². The standard InChI is InChI=1S/C27H24N2O6/c1-28-25(30)19-5-3-4-18(13-19)17-8-6-16(7-9-17)12-22(27(32)33)29-26(31)24-15-20-14-21(34-2)10-11-23(20)35-24/h3-11,13-15,22H,12H2,1-2H3,(H,28,30)(H,29,31)(H,32,33)/t22-/m0/s1. The molecule has 0 unspecified atom stereocenters. The maximum Gasteiger partial charge on any atom is 0.326 e. The SMILES string of the molecule is CNC(=O)c1cccc(-c2ccc(C[C@H](NC(=O)c3cc4cc(OC)ccc4o3)C(=O)O)cc2)c1. The summed E-state index contributed by atoms with van der Waals surface area (Å²) >= 11 is 0. The van der Waals surface area contributed by atoms with E-state index in [1.807, 2.05) is 18.2 Å². The van der Waals surface area contributed by atoms with Crippen molar-refractivity contribution >= 4 is 28.8 Å². The molecule has 0 saturated heterocycles. The Bertz CT molecular complexity index is 1390. The Kier molecular flexibility index (Phi) is 6.82. The van der Waals surface area contributed by atoms with E-state index >= 15 is 0 Å². The molecule has 4 aromatic rings. The van der Waals surface area contributed by atoms with Gasteiger partial charge in [0.25, 0.3) is 11.8 Å². The van der Waals surface area contributed by atoms with Crippen LogP contribution in [-0.2, 0) is 11.2 Å². The van der Waals surface area contributed by atoms with E-state index in [9.17, 15) is 19.5 Å². The fraction of sp³-hybridized carbons (Fsp3) is 0.148. The number of methoxy groups -OCH3 is 1. The molecule has 1 aromatic heterocycles. The summed E-state index contributed by atoms with van der Waals surface area (Å²) in [5, 5.41) is 15.5. The first-order valence-electron chi connectivity index (χ1n) is 10.9. The quantitative estimate of drug-likeness (QED) is 0.358. The van der Waals surface area contributed by atoms with Crippen molar-refractivity contribution in [2.75, 3.05) is 14.2 Å². The zero-order chi connectivity index (χ0) is 24.9. The summed E-state index contributed by atoms with van der Waals surface area (Å²) in [6.07, 6.45) is 0.0910. The number of hydrogen-bond acceptors (Lipinski definition) is 5. The van der Waals surface area contributed by atoms with E-state index in [0.717, 1.165) is 16.7 Å². The Morgan fingerprint density at radius 2 is 1.71 bits per heavy atom. The fourth-order valence-electron chi connectivity index (χ4n) is 3.74. The summed E-state index contributed by atoms with van der Waals surface area (Å²) in [4.78, 5) is 36.4. The molecule has 178 valence electrons. The molecular weight excluding hydrogens is 448 g/mol. The average molecular weight is 472 g/mol. The first-order chi connectivity index (χ1) is 16.9. The molecular formula is C27H24N2O6. The van der Waals surface area contributed by atoms with Crippen LogP contribution < -0.4 is 15.4 Å². The van der Waals surface area contributed by atoms with Crippen molar-refractivity contribution in [1.82, 2.24) is 10.6 Å². The zero-order valence-electron chi connectivity index (χ0n) is 19.2. The number of aliphatic carboxylic acids is 1. The van der Waals surface area contributed by atoms with Crippen LogP contribution in [0.4, 0.5) is 0 Å². The Morgan fingerprint density at radius 1 is 0.943 bits per heavy atom. The second kappa shape index (κ2) is 10.1. The summed E-state index contributed by atoms with van der Waals surface area (Å²) in [5.74, 6) is -1.30. The number of carboxylic acids is 1. The molecule has 0 aliphatic heterocycles. The molecule has 0 radical (unpaired) electrons. The van der Waals surface area contributed by atoms with E-state index in [1.54, 1.807) is 68.8 Å². The van der Waals surface area contributed by atoms with Crippen LogP contribution in [-0.4, -0.2) is 43.1 Å². The molecule has 0 aliphatic carbocycles. The summed E-state index contributed by atoms with van der Waals surface area (Å²) in [6, 6.07) is 20.1. The summed E-state index contributed by atoms with van der Waals surface area (Å²) < 4.78 is 10.7. The molecule has 35 heavy (non-hydrogen) atoms. The van der Waals surface area contributed by atoms with Crippen molar-refractivity contribution in [2.24, 2.45) is 0 Å². The highest BCUT2D eigenvalue weighted by Gasteiger charge is 2.23. The van der Waals surface area contributed by atoms with Gasteiger partial charge in [-0.05, 0) is 53.1 Å². The lowest BCUT2D eigenvalue weighted by molar-refractivity contribution is -0.139. The minimum atomic E-state index is -1.15. The van der Waals surface area contributed by atoms with Gasteiger partial charge in [-0.3, -0.25) is 9.59 Å². The molecule has 0 saturated carbocycles. The predicted octanol–water partition coefficient (Wildman–Crippen LogP) is 3.89. The third-order valence-electron chi connectivity index (χ3n) is 5.63. The van der Waals surface area contributed by atoms with Crippen LogP contribution in [0.3, 0.4) is 0 Å². The van der Waals surface area contributed by atoms with Crippen molar-refractivity contribution in [3.63, 3.8) is 0 Å². The van der Waals surface area contributed by atoms with E-state index in [1.165, 1.54) is 0 Å². The molecule has 1 heterocycles. The van der Waals surface area contributed by atoms with E-state index in [2.05, 4.69) is 10.6 Å². The number of ether oxygens (including phenoxy) is 1. The second-order valence-corrected chi connectivity index (χ2v) is 7.94. The molecule has 3 N–H and O–H groups in total. The number of carboxylic acid groups (broad SMARTS) is 1. The lowest BCUT2D eigenvalue weighted by Gasteiger charge is -2.14. The minimum absolute atomic E-state index is 0.0193. The number of fused-ring (bicyclic) bond motifs is 1. The van der Waals surface area contributed by atoms with Gasteiger partial charge < -0.3 is 24.9 Å². The van der Waals surface area contributed by atoms with Crippen LogP contribution >= 0.6 is 0 Å². The highest BCUT2D eigenvalue weighted by Crippen LogP contribution is 2.25. The van der Waals surface area contributed by atoms with Gasteiger partial charge in [0.05, 0.1) is 7.11 Å². The first-order valence-corrected chi connectivity index (χ1v) is 10.9. The number of amides is 2. The number of rotatable bonds is 8. The molecule has 0 fully saturated rings. The average Bonchev–Trinajstić information content (AvgIpc) is 3.31. The van der Waals surface area contributed by atoms with E-state index in [4.69, 9.17) is 9.15 Å². The molecule has 0 aliphatic rings. The number of hydrogen-bond donors (Lipinski definition) is 3. The molecule has 4 rings (SSSR count). The van der Waals surface area contributed by atoms with Crippen LogP contribution in [0.5, 0.6) is 5.75 Å². The van der Waals surface area contributed by atoms with Gasteiger partial charge in [-0.15, -0.1) is 0 Å². The summed E-state index contributed by atoms with van der Waals surface area (Å²) in [6.45, 7) is 0. The monoisotopic (exact) mass is 472 g/mol. The Hall–Kier alpha value is -4.59. The fourth-order valence-corrected chi connectivity index (χ4v) is 3.74. The Balaban J connectivity index is 1.47. The van der Waals surface area contributed by atoms with Gasteiger partial charge in [0.15, 0.2) is 5.76 Å². The third kappa shape index (κ3) is 5.33. The van der Waals surface area contributed by atoms with Gasteiger partial charge in [-0.1, -0.05) is 36.4 Å². The van der Waals surface area contributed by atoms with Gasteiger partial charge in [0.2, 0.25) is 0 Å². The van der Waals surface area contributed by atoms with Crippen LogP contribution in [0, 0.1) is 0 Å². The second-order valence-electron chi connectivity index (χ2n) is 7.94. The largest absolute Gasteiger partial charge is 0.497 e. The van der Waals surface area contributed by atoms with E-state index in [-0.39, 0.29) is 18.1 Å². The van der Waals surface area contributed by atoms with Crippen LogP contribution in [0.2, 0.25) is 0 Å². The van der Waals surface area contributed by atoms with Gasteiger partial charge >= 0.3 is 5.97 Å². The van der Waals surface area contributed by atoms with Gasteiger partial charge in [-0.25, -0.2) is 4.79 Å². The summed E-state index contributed by atoms with van der Waals surface area (Å²) in [7, 11) is 3.12. The molecule has 8 heteroatoms. The Labute approximate surface area is 201 Å². The van der Waals surface area contributed by atoms with E-state index < -0.39 is 17.9 Å². The topological polar surface area (TPSA) is 118 Å². The lowest BCUT2D eigenvalue weighted by atomic mass is 9.99. The minimum Gasteiger partial charge on any atom is -0.497 e. The van der Waals surface area contributed by atoms with Crippen molar-refractivity contribution in [2.45, 2.75) is 12.5 Å². The third-order valence-corrected chi connectivity index (χ3v) is 5.63. The van der Waals surface area contributed by atoms with Gasteiger partial charge in [0.1, 0.15) is 17.4 Å². The maximum atomic E-state index is 12.7. The molecule has 0 spiro atoms. The maximum absolute atomic E-state index is 12.7. The highest BCUT2D eigenvalue weighted by atomic mass is 16.5. The van der Waals surface area contributed by atoms with Crippen LogP contribution in [0.15, 0.2) is 77.2 Å². The molecule has 2 amide bonds. The van der Waals surface area contributed by atoms with Crippen molar-refractivity contribution in [3.8, 4) is 16.9 Å². The smallest absolute Gasteiger partial charge is 0.326 e. The number of furan rings is 1. The number of nitrogens with one attached hydrogen (secondary N) is 2. The number of benzene rings is 3. The number of carbonyl (C=O) groups excluding carboxylic acids is 2. The van der Waals surface area contributed by atoms with Crippen LogP contribution in [0.25, 0.3) is 22.1 Å². The molecule has 1 atom stereocenters. The van der Waals surface area contributed by atoms with Crippen molar-refractivity contribution in [1.29, 1.82) is 0 Å². The zero-order valence-corrected chi connectivity index (χ0v) is 19.2. The Morgan fingerprint density at radius 3 is 2.40 bits per heavy atom. The van der Waals surface area contributed by atoms with Gasteiger partial charge in [0, 0.05) is 24.4 Å². The summed E-state index contributed by atoms with van der Waals surface area (Å²) in [5.41, 5.74) is 3.53. The lowest BCUT2D eigenvalue weighted by Crippen LogP contribution is -2.42.